The Kier molecular flexibility index (Phi) is 8.58. The predicted octanol–water partition coefficient (Wildman–Crippen LogP) is 1.05. The highest BCUT2D eigenvalue weighted by atomic mass is 79.9. The number of nitrogens with zero attached hydrogens (tertiary/aromatic N) is 1. The van der Waals surface area contributed by atoms with Gasteiger partial charge >= 0.3 is 0 Å². The van der Waals surface area contributed by atoms with Crippen LogP contribution < -0.4 is 0 Å². The monoisotopic (exact) mass is 323 g/mol. The van der Waals surface area contributed by atoms with Crippen LogP contribution in [-0.2, 0) is 19.0 Å². The van der Waals surface area contributed by atoms with Gasteiger partial charge in [0.25, 0.3) is 0 Å². The fourth-order valence-corrected chi connectivity index (χ4v) is 2.33. The van der Waals surface area contributed by atoms with Gasteiger partial charge in [0.1, 0.15) is 0 Å². The van der Waals surface area contributed by atoms with Gasteiger partial charge in [-0.05, 0) is 6.92 Å². The molecule has 18 heavy (non-hydrogen) atoms. The van der Waals surface area contributed by atoms with Crippen molar-refractivity contribution in [3.05, 3.63) is 0 Å². The molecule has 1 aliphatic rings. The molecule has 0 saturated carbocycles. The topological polar surface area (TPSA) is 48.0 Å². The third-order valence-corrected chi connectivity index (χ3v) is 3.23. The Labute approximate surface area is 117 Å². The van der Waals surface area contributed by atoms with E-state index >= 15 is 0 Å². The molecule has 0 bridgehead atoms. The summed E-state index contributed by atoms with van der Waals surface area (Å²) in [7, 11) is 0. The minimum atomic E-state index is 0.202. The molecule has 0 aromatic carbocycles. The lowest BCUT2D eigenvalue weighted by Gasteiger charge is -2.15. The van der Waals surface area contributed by atoms with Crippen molar-refractivity contribution in [2.24, 2.45) is 0 Å². The number of hydrogen-bond donors (Lipinski definition) is 0. The Bertz CT molecular complexity index is 240. The lowest BCUT2D eigenvalue weighted by molar-refractivity contribution is -0.128. The van der Waals surface area contributed by atoms with Gasteiger partial charge in [-0.25, -0.2) is 0 Å². The van der Waals surface area contributed by atoms with E-state index in [9.17, 15) is 4.79 Å². The van der Waals surface area contributed by atoms with Gasteiger partial charge < -0.3 is 19.1 Å². The minimum Gasteiger partial charge on any atom is -0.379 e. The molecule has 1 fully saturated rings. The standard InChI is InChI=1S/C12H22BrNO4/c1-2-16-5-6-18-8-7-17-4-3-14-10-11(13)9-12(14)15/h11H,2-10H2,1H3. The molecule has 106 valence electrons. The van der Waals surface area contributed by atoms with Gasteiger partial charge in [0.2, 0.25) is 5.91 Å². The van der Waals surface area contributed by atoms with Crippen LogP contribution in [0.2, 0.25) is 0 Å². The lowest BCUT2D eigenvalue weighted by Crippen LogP contribution is -2.29. The van der Waals surface area contributed by atoms with E-state index in [0.717, 1.165) is 13.2 Å². The molecule has 0 spiro atoms. The highest BCUT2D eigenvalue weighted by Crippen LogP contribution is 2.17. The summed E-state index contributed by atoms with van der Waals surface area (Å²) in [5, 5.41) is 0. The van der Waals surface area contributed by atoms with Gasteiger partial charge in [-0.2, -0.15) is 0 Å². The molecule has 1 amide bonds. The minimum absolute atomic E-state index is 0.202. The average molecular weight is 324 g/mol. The molecule has 0 radical (unpaired) electrons. The van der Waals surface area contributed by atoms with E-state index in [-0.39, 0.29) is 5.91 Å². The Morgan fingerprint density at radius 1 is 1.17 bits per heavy atom. The number of carbonyl (C=O) groups is 1. The third-order valence-electron chi connectivity index (χ3n) is 2.62. The van der Waals surface area contributed by atoms with Gasteiger partial charge in [0.15, 0.2) is 0 Å². The number of likely N-dealkylation sites (tertiary alicyclic amines) is 1. The molecule has 0 aromatic heterocycles. The summed E-state index contributed by atoms with van der Waals surface area (Å²) in [5.74, 6) is 0.202. The molecule has 0 N–H and O–H groups in total. The Balaban J connectivity index is 1.85. The zero-order chi connectivity index (χ0) is 13.2. The zero-order valence-corrected chi connectivity index (χ0v) is 12.5. The van der Waals surface area contributed by atoms with Crippen molar-refractivity contribution in [2.45, 2.75) is 18.2 Å². The van der Waals surface area contributed by atoms with Gasteiger partial charge in [-0.3, -0.25) is 4.79 Å². The van der Waals surface area contributed by atoms with Crippen LogP contribution in [0, 0.1) is 0 Å². The Morgan fingerprint density at radius 2 is 1.78 bits per heavy atom. The normalized spacial score (nSPS) is 19.8. The van der Waals surface area contributed by atoms with Crippen LogP contribution in [0.5, 0.6) is 0 Å². The van der Waals surface area contributed by atoms with E-state index in [1.165, 1.54) is 0 Å². The fourth-order valence-electron chi connectivity index (χ4n) is 1.70. The van der Waals surface area contributed by atoms with Crippen molar-refractivity contribution in [1.29, 1.82) is 0 Å². The van der Waals surface area contributed by atoms with Crippen LogP contribution in [-0.4, -0.2) is 68.4 Å². The first-order chi connectivity index (χ1) is 8.74. The number of carbonyl (C=O) groups excluding carboxylic acids is 1. The van der Waals surface area contributed by atoms with Crippen LogP contribution >= 0.6 is 15.9 Å². The average Bonchev–Trinajstić information content (AvgIpc) is 2.66. The van der Waals surface area contributed by atoms with Crippen LogP contribution in [0.3, 0.4) is 0 Å². The van der Waals surface area contributed by atoms with Crippen LogP contribution in [0.4, 0.5) is 0 Å². The molecular weight excluding hydrogens is 302 g/mol. The Hall–Kier alpha value is -0.170. The van der Waals surface area contributed by atoms with Crippen LogP contribution in [0.1, 0.15) is 13.3 Å². The SMILES string of the molecule is CCOCCOCCOCCN1CC(Br)CC1=O. The van der Waals surface area contributed by atoms with E-state index in [1.807, 2.05) is 11.8 Å². The highest BCUT2D eigenvalue weighted by molar-refractivity contribution is 9.09. The maximum atomic E-state index is 11.5. The van der Waals surface area contributed by atoms with E-state index < -0.39 is 0 Å². The highest BCUT2D eigenvalue weighted by Gasteiger charge is 2.26. The summed E-state index contributed by atoms with van der Waals surface area (Å²) in [6, 6.07) is 0. The predicted molar refractivity (Wildman–Crippen MR) is 72.0 cm³/mol. The van der Waals surface area contributed by atoms with E-state index in [1.54, 1.807) is 0 Å². The first-order valence-electron chi connectivity index (χ1n) is 6.39. The first kappa shape index (κ1) is 15.9. The molecule has 1 heterocycles. The Morgan fingerprint density at radius 3 is 2.33 bits per heavy atom. The van der Waals surface area contributed by atoms with E-state index in [4.69, 9.17) is 14.2 Å². The molecular formula is C12H22BrNO4. The molecule has 6 heteroatoms. The number of amides is 1. The molecule has 1 saturated heterocycles. The number of alkyl halides is 1. The van der Waals surface area contributed by atoms with Crippen LogP contribution in [0.25, 0.3) is 0 Å². The number of halogens is 1. The maximum absolute atomic E-state index is 11.5. The van der Waals surface area contributed by atoms with Gasteiger partial charge in [-0.15, -0.1) is 0 Å². The van der Waals surface area contributed by atoms with E-state index in [0.29, 0.717) is 50.8 Å². The maximum Gasteiger partial charge on any atom is 0.223 e. The molecule has 5 nitrogen and oxygen atoms in total. The fraction of sp³-hybridized carbons (Fsp3) is 0.917. The molecule has 1 aliphatic heterocycles. The van der Waals surface area contributed by atoms with Crippen molar-refractivity contribution >= 4 is 21.8 Å². The smallest absolute Gasteiger partial charge is 0.223 e. The first-order valence-corrected chi connectivity index (χ1v) is 7.30. The van der Waals surface area contributed by atoms with Crippen molar-refractivity contribution < 1.29 is 19.0 Å². The molecule has 1 atom stereocenters. The summed E-state index contributed by atoms with van der Waals surface area (Å²) in [4.78, 5) is 13.6. The van der Waals surface area contributed by atoms with E-state index in [2.05, 4.69) is 15.9 Å². The molecule has 0 aliphatic carbocycles. The summed E-state index contributed by atoms with van der Waals surface area (Å²) in [6.45, 7) is 7.07. The van der Waals surface area contributed by atoms with Gasteiger partial charge in [0.05, 0.1) is 33.0 Å². The molecule has 1 unspecified atom stereocenters. The summed E-state index contributed by atoms with van der Waals surface area (Å²) < 4.78 is 15.9. The van der Waals surface area contributed by atoms with Crippen molar-refractivity contribution in [3.8, 4) is 0 Å². The quantitative estimate of drug-likeness (QED) is 0.445. The number of ether oxygens (including phenoxy) is 3. The number of hydrogen-bond acceptors (Lipinski definition) is 4. The summed E-state index contributed by atoms with van der Waals surface area (Å²) in [5.41, 5.74) is 0. The summed E-state index contributed by atoms with van der Waals surface area (Å²) >= 11 is 3.45. The van der Waals surface area contributed by atoms with Gasteiger partial charge in [-0.1, -0.05) is 15.9 Å². The molecule has 0 aromatic rings. The lowest BCUT2D eigenvalue weighted by atomic mass is 10.4. The molecule has 1 rings (SSSR count). The van der Waals surface area contributed by atoms with Gasteiger partial charge in [0, 0.05) is 30.9 Å². The van der Waals surface area contributed by atoms with Crippen molar-refractivity contribution in [3.63, 3.8) is 0 Å². The second-order valence-electron chi connectivity index (χ2n) is 4.06. The largest absolute Gasteiger partial charge is 0.379 e. The second-order valence-corrected chi connectivity index (χ2v) is 5.36. The third kappa shape index (κ3) is 6.68. The number of rotatable bonds is 10. The van der Waals surface area contributed by atoms with Crippen LogP contribution in [0.15, 0.2) is 0 Å². The van der Waals surface area contributed by atoms with Crippen molar-refractivity contribution in [2.75, 3.05) is 52.7 Å². The second kappa shape index (κ2) is 9.72. The zero-order valence-electron chi connectivity index (χ0n) is 10.9. The summed E-state index contributed by atoms with van der Waals surface area (Å²) in [6.07, 6.45) is 0.598. The van der Waals surface area contributed by atoms with Crippen molar-refractivity contribution in [1.82, 2.24) is 4.90 Å².